The average molecular weight is 297 g/mol. The van der Waals surface area contributed by atoms with Gasteiger partial charge in [-0.1, -0.05) is 12.1 Å². The lowest BCUT2D eigenvalue weighted by Crippen LogP contribution is -2.34. The quantitative estimate of drug-likeness (QED) is 0.917. The van der Waals surface area contributed by atoms with Crippen molar-refractivity contribution >= 4 is 21.6 Å². The maximum Gasteiger partial charge on any atom is 0.0510 e. The minimum Gasteiger partial charge on any atom is -0.371 e. The van der Waals surface area contributed by atoms with E-state index in [9.17, 15) is 0 Å². The summed E-state index contributed by atoms with van der Waals surface area (Å²) in [7, 11) is 2.04. The first-order valence-corrected chi connectivity index (χ1v) is 7.24. The van der Waals surface area contributed by atoms with Crippen LogP contribution in [0.1, 0.15) is 19.3 Å². The van der Waals surface area contributed by atoms with Crippen molar-refractivity contribution in [2.45, 2.75) is 19.3 Å². The molecule has 0 atom stereocenters. The third-order valence-electron chi connectivity index (χ3n) is 3.61. The SMILES string of the molecule is CNCCC1CCN(c2ccccc2Br)CC1. The molecule has 17 heavy (non-hydrogen) atoms. The molecular weight excluding hydrogens is 276 g/mol. The fourth-order valence-electron chi connectivity index (χ4n) is 2.52. The van der Waals surface area contributed by atoms with Crippen molar-refractivity contribution in [3.63, 3.8) is 0 Å². The molecule has 1 aliphatic rings. The maximum atomic E-state index is 3.64. The van der Waals surface area contributed by atoms with Crippen molar-refractivity contribution < 1.29 is 0 Å². The van der Waals surface area contributed by atoms with Crippen LogP contribution in [0.3, 0.4) is 0 Å². The first-order valence-electron chi connectivity index (χ1n) is 6.45. The summed E-state index contributed by atoms with van der Waals surface area (Å²) < 4.78 is 1.22. The Kier molecular flexibility index (Phi) is 4.86. The molecule has 0 saturated carbocycles. The van der Waals surface area contributed by atoms with E-state index < -0.39 is 0 Å². The third kappa shape index (κ3) is 3.46. The van der Waals surface area contributed by atoms with Crippen LogP contribution in [-0.4, -0.2) is 26.7 Å². The molecule has 1 heterocycles. The zero-order valence-electron chi connectivity index (χ0n) is 10.5. The van der Waals surface area contributed by atoms with Gasteiger partial charge in [0.05, 0.1) is 5.69 Å². The monoisotopic (exact) mass is 296 g/mol. The van der Waals surface area contributed by atoms with E-state index in [-0.39, 0.29) is 0 Å². The lowest BCUT2D eigenvalue weighted by Gasteiger charge is -2.34. The molecule has 0 amide bonds. The maximum absolute atomic E-state index is 3.64. The zero-order chi connectivity index (χ0) is 12.1. The van der Waals surface area contributed by atoms with E-state index in [2.05, 4.69) is 50.4 Å². The van der Waals surface area contributed by atoms with Gasteiger partial charge in [-0.3, -0.25) is 0 Å². The molecule has 1 saturated heterocycles. The van der Waals surface area contributed by atoms with Gasteiger partial charge in [-0.15, -0.1) is 0 Å². The molecule has 1 aliphatic heterocycles. The van der Waals surface area contributed by atoms with E-state index in [4.69, 9.17) is 0 Å². The Bertz CT molecular complexity index is 346. The lowest BCUT2D eigenvalue weighted by molar-refractivity contribution is 0.378. The minimum absolute atomic E-state index is 0.904. The Balaban J connectivity index is 1.89. The fraction of sp³-hybridized carbons (Fsp3) is 0.571. The van der Waals surface area contributed by atoms with Crippen molar-refractivity contribution in [1.29, 1.82) is 0 Å². The molecule has 0 unspecified atom stereocenters. The third-order valence-corrected chi connectivity index (χ3v) is 4.28. The molecule has 0 aromatic heterocycles. The zero-order valence-corrected chi connectivity index (χ0v) is 12.0. The van der Waals surface area contributed by atoms with Crippen molar-refractivity contribution in [2.75, 3.05) is 31.6 Å². The second-order valence-electron chi connectivity index (χ2n) is 4.77. The second-order valence-corrected chi connectivity index (χ2v) is 5.63. The number of hydrogen-bond donors (Lipinski definition) is 1. The number of benzene rings is 1. The van der Waals surface area contributed by atoms with Crippen LogP contribution in [0.5, 0.6) is 0 Å². The molecule has 1 fully saturated rings. The van der Waals surface area contributed by atoms with Gasteiger partial charge in [-0.05, 0) is 66.8 Å². The van der Waals surface area contributed by atoms with Gasteiger partial charge in [-0.2, -0.15) is 0 Å². The number of rotatable bonds is 4. The van der Waals surface area contributed by atoms with Gasteiger partial charge in [0, 0.05) is 17.6 Å². The number of piperidine rings is 1. The Morgan fingerprint density at radius 1 is 1.29 bits per heavy atom. The first kappa shape index (κ1) is 12.9. The molecule has 0 bridgehead atoms. The number of anilines is 1. The lowest BCUT2D eigenvalue weighted by atomic mass is 9.93. The summed E-state index contributed by atoms with van der Waals surface area (Å²) >= 11 is 3.64. The number of hydrogen-bond acceptors (Lipinski definition) is 2. The Labute approximate surface area is 113 Å². The predicted octanol–water partition coefficient (Wildman–Crippen LogP) is 3.28. The second kappa shape index (κ2) is 6.41. The van der Waals surface area contributed by atoms with Crippen LogP contribution in [0.2, 0.25) is 0 Å². The molecule has 1 N–H and O–H groups in total. The van der Waals surface area contributed by atoms with Gasteiger partial charge in [0.1, 0.15) is 0 Å². The predicted molar refractivity (Wildman–Crippen MR) is 77.6 cm³/mol. The molecule has 2 rings (SSSR count). The highest BCUT2D eigenvalue weighted by atomic mass is 79.9. The van der Waals surface area contributed by atoms with Crippen LogP contribution >= 0.6 is 15.9 Å². The summed E-state index contributed by atoms with van der Waals surface area (Å²) in [6.45, 7) is 3.54. The standard InChI is InChI=1S/C14H21BrN2/c1-16-9-6-12-7-10-17(11-8-12)14-5-3-2-4-13(14)15/h2-5,12,16H,6-11H2,1H3. The Morgan fingerprint density at radius 2 is 2.00 bits per heavy atom. The van der Waals surface area contributed by atoms with Gasteiger partial charge in [-0.25, -0.2) is 0 Å². The first-order chi connectivity index (χ1) is 8.31. The van der Waals surface area contributed by atoms with E-state index in [1.807, 2.05) is 7.05 Å². The van der Waals surface area contributed by atoms with Crippen molar-refractivity contribution in [3.8, 4) is 0 Å². The van der Waals surface area contributed by atoms with Gasteiger partial charge in [0.25, 0.3) is 0 Å². The fourth-order valence-corrected chi connectivity index (χ4v) is 3.05. The molecule has 94 valence electrons. The van der Waals surface area contributed by atoms with Gasteiger partial charge >= 0.3 is 0 Å². The van der Waals surface area contributed by atoms with Crippen LogP contribution < -0.4 is 10.2 Å². The number of nitrogens with one attached hydrogen (secondary N) is 1. The van der Waals surface area contributed by atoms with Crippen LogP contribution in [0.25, 0.3) is 0 Å². The summed E-state index contributed by atoms with van der Waals surface area (Å²) in [4.78, 5) is 2.50. The largest absolute Gasteiger partial charge is 0.371 e. The molecular formula is C14H21BrN2. The molecule has 0 spiro atoms. The summed E-state index contributed by atoms with van der Waals surface area (Å²) in [6, 6.07) is 8.53. The van der Waals surface area contributed by atoms with Crippen LogP contribution in [0.15, 0.2) is 28.7 Å². The van der Waals surface area contributed by atoms with Gasteiger partial charge in [0.15, 0.2) is 0 Å². The number of halogens is 1. The van der Waals surface area contributed by atoms with Crippen LogP contribution in [-0.2, 0) is 0 Å². The van der Waals surface area contributed by atoms with Crippen molar-refractivity contribution in [1.82, 2.24) is 5.32 Å². The number of para-hydroxylation sites is 1. The van der Waals surface area contributed by atoms with E-state index in [1.54, 1.807) is 0 Å². The minimum atomic E-state index is 0.904. The summed E-state index contributed by atoms with van der Waals surface area (Å²) in [5.74, 6) is 0.904. The molecule has 1 aromatic carbocycles. The van der Waals surface area contributed by atoms with Crippen LogP contribution in [0, 0.1) is 5.92 Å². The molecule has 2 nitrogen and oxygen atoms in total. The molecule has 0 radical (unpaired) electrons. The highest BCUT2D eigenvalue weighted by Crippen LogP contribution is 2.30. The Hall–Kier alpha value is -0.540. The highest BCUT2D eigenvalue weighted by molar-refractivity contribution is 9.10. The van der Waals surface area contributed by atoms with Crippen LogP contribution in [0.4, 0.5) is 5.69 Å². The summed E-state index contributed by atoms with van der Waals surface area (Å²) in [6.07, 6.45) is 3.96. The topological polar surface area (TPSA) is 15.3 Å². The van der Waals surface area contributed by atoms with E-state index in [1.165, 1.54) is 42.5 Å². The highest BCUT2D eigenvalue weighted by Gasteiger charge is 2.19. The van der Waals surface area contributed by atoms with E-state index in [0.29, 0.717) is 0 Å². The van der Waals surface area contributed by atoms with E-state index >= 15 is 0 Å². The molecule has 0 aliphatic carbocycles. The molecule has 1 aromatic rings. The smallest absolute Gasteiger partial charge is 0.0510 e. The van der Waals surface area contributed by atoms with E-state index in [0.717, 1.165) is 12.5 Å². The van der Waals surface area contributed by atoms with Crippen molar-refractivity contribution in [3.05, 3.63) is 28.7 Å². The van der Waals surface area contributed by atoms with Gasteiger partial charge < -0.3 is 10.2 Å². The Morgan fingerprint density at radius 3 is 2.65 bits per heavy atom. The summed E-state index contributed by atoms with van der Waals surface area (Å²) in [5, 5.41) is 3.25. The normalized spacial score (nSPS) is 17.4. The number of nitrogens with zero attached hydrogens (tertiary/aromatic N) is 1. The summed E-state index contributed by atoms with van der Waals surface area (Å²) in [5.41, 5.74) is 1.35. The molecule has 3 heteroatoms. The average Bonchev–Trinajstić information content (AvgIpc) is 2.38. The van der Waals surface area contributed by atoms with Gasteiger partial charge in [0.2, 0.25) is 0 Å². The van der Waals surface area contributed by atoms with Crippen molar-refractivity contribution in [2.24, 2.45) is 5.92 Å².